The van der Waals surface area contributed by atoms with Crippen LogP contribution in [0.25, 0.3) is 11.3 Å². The normalized spacial score (nSPS) is 17.0. The van der Waals surface area contributed by atoms with E-state index in [1.54, 1.807) is 17.2 Å². The molecule has 0 unspecified atom stereocenters. The van der Waals surface area contributed by atoms with E-state index in [-0.39, 0.29) is 23.6 Å². The van der Waals surface area contributed by atoms with Gasteiger partial charge in [0.25, 0.3) is 5.88 Å². The highest BCUT2D eigenvalue weighted by atomic mass is 35.5. The minimum absolute atomic E-state index is 0.145. The van der Waals surface area contributed by atoms with Gasteiger partial charge in [-0.3, -0.25) is 4.79 Å². The van der Waals surface area contributed by atoms with Crippen LogP contribution in [0.2, 0.25) is 5.02 Å². The maximum absolute atomic E-state index is 12.2. The monoisotopic (exact) mass is 374 g/mol. The summed E-state index contributed by atoms with van der Waals surface area (Å²) in [7, 11) is 1.48. The van der Waals surface area contributed by atoms with E-state index in [1.807, 2.05) is 12.1 Å². The number of carbonyl (C=O) groups is 1. The lowest BCUT2D eigenvalue weighted by Gasteiger charge is -2.35. The summed E-state index contributed by atoms with van der Waals surface area (Å²) >= 11 is 6.32. The molecule has 1 aliphatic heterocycles. The first kappa shape index (κ1) is 18.2. The summed E-state index contributed by atoms with van der Waals surface area (Å²) in [6.45, 7) is 4.94. The topological polar surface area (TPSA) is 90.6 Å². The molecule has 3 rings (SSSR count). The number of nitrogen functional groups attached to an aromatic ring is 1. The molecule has 2 aromatic rings. The second-order valence-corrected chi connectivity index (χ2v) is 6.19. The number of rotatable bonds is 4. The average molecular weight is 375 g/mol. The van der Waals surface area contributed by atoms with E-state index < -0.39 is 0 Å². The Labute approximate surface area is 156 Å². The molecule has 0 bridgehead atoms. The molecule has 8 heteroatoms. The first-order chi connectivity index (χ1) is 12.5. The van der Waals surface area contributed by atoms with Gasteiger partial charge in [0, 0.05) is 17.1 Å². The number of halogens is 1. The number of morpholine rings is 1. The van der Waals surface area contributed by atoms with Gasteiger partial charge in [0.2, 0.25) is 5.91 Å². The Morgan fingerprint density at radius 2 is 2.31 bits per heavy atom. The molecule has 1 amide bonds. The molecular formula is C18H19ClN4O3. The van der Waals surface area contributed by atoms with Gasteiger partial charge in [0.05, 0.1) is 38.3 Å². The molecule has 1 aromatic heterocycles. The summed E-state index contributed by atoms with van der Waals surface area (Å²) in [6, 6.07) is 5.24. The quantitative estimate of drug-likeness (QED) is 0.827. The molecule has 1 aliphatic rings. The molecule has 0 radical (unpaired) electrons. The van der Waals surface area contributed by atoms with Gasteiger partial charge in [0.15, 0.2) is 5.82 Å². The Morgan fingerprint density at radius 3 is 3.04 bits per heavy atom. The van der Waals surface area contributed by atoms with Crippen molar-refractivity contribution in [3.63, 3.8) is 0 Å². The third kappa shape index (κ3) is 3.63. The Bertz CT molecular complexity index is 843. The molecule has 2 heterocycles. The Hall–Kier alpha value is -2.64. The molecular weight excluding hydrogens is 356 g/mol. The zero-order chi connectivity index (χ0) is 18.7. The summed E-state index contributed by atoms with van der Waals surface area (Å²) < 4.78 is 10.7. The van der Waals surface area contributed by atoms with Crippen molar-refractivity contribution in [3.8, 4) is 17.1 Å². The fraction of sp³-hybridized carbons (Fsp3) is 0.278. The van der Waals surface area contributed by atoms with Crippen molar-refractivity contribution in [3.05, 3.63) is 47.6 Å². The summed E-state index contributed by atoms with van der Waals surface area (Å²) in [6.07, 6.45) is 2.86. The number of hydrogen-bond acceptors (Lipinski definition) is 6. The smallest absolute Gasteiger partial charge is 0.257 e. The second kappa shape index (κ2) is 7.72. The number of ether oxygens (including phenoxy) is 2. The van der Waals surface area contributed by atoms with Gasteiger partial charge in [-0.15, -0.1) is 0 Å². The van der Waals surface area contributed by atoms with Crippen LogP contribution in [0.15, 0.2) is 37.1 Å². The Morgan fingerprint density at radius 1 is 1.50 bits per heavy atom. The lowest BCUT2D eigenvalue weighted by Crippen LogP contribution is -2.42. The van der Waals surface area contributed by atoms with Crippen LogP contribution in [0.4, 0.5) is 5.82 Å². The number of nitrogens with two attached hydrogens (primary N) is 1. The molecule has 136 valence electrons. The van der Waals surface area contributed by atoms with Crippen LogP contribution in [0.3, 0.4) is 0 Å². The number of hydrogen-bond donors (Lipinski definition) is 1. The fourth-order valence-electron chi connectivity index (χ4n) is 2.88. The fourth-order valence-corrected chi connectivity index (χ4v) is 3.13. The molecule has 1 saturated heterocycles. The lowest BCUT2D eigenvalue weighted by atomic mass is 10.0. The van der Waals surface area contributed by atoms with Crippen molar-refractivity contribution in [2.24, 2.45) is 0 Å². The van der Waals surface area contributed by atoms with Crippen molar-refractivity contribution in [2.75, 3.05) is 32.6 Å². The van der Waals surface area contributed by atoms with Gasteiger partial charge < -0.3 is 20.1 Å². The van der Waals surface area contributed by atoms with E-state index in [1.165, 1.54) is 13.2 Å². The number of methoxy groups -OCH3 is 1. The number of aromatic nitrogens is 2. The van der Waals surface area contributed by atoms with Crippen molar-refractivity contribution in [1.29, 1.82) is 0 Å². The summed E-state index contributed by atoms with van der Waals surface area (Å²) in [5, 5.41) is 0.520. The summed E-state index contributed by atoms with van der Waals surface area (Å²) in [5.74, 6) is 0.309. The van der Waals surface area contributed by atoms with Crippen LogP contribution in [-0.2, 0) is 9.53 Å². The van der Waals surface area contributed by atoms with Crippen LogP contribution >= 0.6 is 11.6 Å². The molecule has 0 saturated carbocycles. The lowest BCUT2D eigenvalue weighted by molar-refractivity contribution is -0.134. The van der Waals surface area contributed by atoms with Crippen LogP contribution in [0.5, 0.6) is 5.88 Å². The van der Waals surface area contributed by atoms with Crippen LogP contribution in [0.1, 0.15) is 11.6 Å². The van der Waals surface area contributed by atoms with E-state index in [0.717, 1.165) is 11.1 Å². The van der Waals surface area contributed by atoms with Gasteiger partial charge in [-0.2, -0.15) is 0 Å². The first-order valence-electron chi connectivity index (χ1n) is 8.01. The van der Waals surface area contributed by atoms with E-state index in [2.05, 4.69) is 16.5 Å². The Kier molecular flexibility index (Phi) is 5.39. The van der Waals surface area contributed by atoms with Crippen LogP contribution in [-0.4, -0.2) is 47.6 Å². The molecule has 26 heavy (non-hydrogen) atoms. The average Bonchev–Trinajstić information content (AvgIpc) is 2.67. The molecule has 7 nitrogen and oxygen atoms in total. The highest BCUT2D eigenvalue weighted by molar-refractivity contribution is 6.31. The Balaban J connectivity index is 2.02. The molecule has 1 atom stereocenters. The number of nitrogens with zero attached hydrogens (tertiary/aromatic N) is 3. The third-order valence-electron chi connectivity index (χ3n) is 4.15. The van der Waals surface area contributed by atoms with Gasteiger partial charge >= 0.3 is 0 Å². The summed E-state index contributed by atoms with van der Waals surface area (Å²) in [4.78, 5) is 22.4. The van der Waals surface area contributed by atoms with Gasteiger partial charge in [-0.05, 0) is 29.8 Å². The highest BCUT2D eigenvalue weighted by Crippen LogP contribution is 2.32. The molecule has 1 fully saturated rings. The van der Waals surface area contributed by atoms with Crippen molar-refractivity contribution in [1.82, 2.24) is 14.9 Å². The minimum Gasteiger partial charge on any atom is -0.478 e. The van der Waals surface area contributed by atoms with Crippen molar-refractivity contribution in [2.45, 2.75) is 6.04 Å². The van der Waals surface area contributed by atoms with E-state index in [4.69, 9.17) is 26.8 Å². The zero-order valence-corrected chi connectivity index (χ0v) is 15.1. The van der Waals surface area contributed by atoms with E-state index in [0.29, 0.717) is 30.5 Å². The van der Waals surface area contributed by atoms with E-state index >= 15 is 0 Å². The zero-order valence-electron chi connectivity index (χ0n) is 14.3. The van der Waals surface area contributed by atoms with E-state index in [9.17, 15) is 4.79 Å². The molecule has 1 aromatic carbocycles. The number of amides is 1. The standard InChI is InChI=1S/C18H19ClN4O3/c1-3-16(24)23-4-5-26-10-15(23)12-6-11(7-13(19)8-12)14-9-21-17(20)18(22-14)25-2/h3,6-9,15H,1,4-5,10H2,2H3,(H2,20,21)/t15-/m0/s1. The van der Waals surface area contributed by atoms with Gasteiger partial charge in [-0.25, -0.2) is 9.97 Å². The largest absolute Gasteiger partial charge is 0.478 e. The SMILES string of the molecule is C=CC(=O)N1CCOC[C@H]1c1cc(Cl)cc(-c2cnc(N)c(OC)n2)c1. The number of benzene rings is 1. The molecule has 2 N–H and O–H groups in total. The highest BCUT2D eigenvalue weighted by Gasteiger charge is 2.28. The molecule has 0 spiro atoms. The van der Waals surface area contributed by atoms with Crippen molar-refractivity contribution >= 4 is 23.3 Å². The van der Waals surface area contributed by atoms with Crippen molar-refractivity contribution < 1.29 is 14.3 Å². The summed E-state index contributed by atoms with van der Waals surface area (Å²) in [5.41, 5.74) is 7.89. The predicted molar refractivity (Wildman–Crippen MR) is 98.9 cm³/mol. The second-order valence-electron chi connectivity index (χ2n) is 5.75. The van der Waals surface area contributed by atoms with Crippen LogP contribution in [0, 0.1) is 0 Å². The third-order valence-corrected chi connectivity index (χ3v) is 4.37. The predicted octanol–water partition coefficient (Wildman–Crippen LogP) is 2.47. The first-order valence-corrected chi connectivity index (χ1v) is 8.39. The van der Waals surface area contributed by atoms with Gasteiger partial charge in [-0.1, -0.05) is 18.2 Å². The maximum atomic E-state index is 12.2. The number of anilines is 1. The van der Waals surface area contributed by atoms with Crippen LogP contribution < -0.4 is 10.5 Å². The maximum Gasteiger partial charge on any atom is 0.257 e. The number of carbonyl (C=O) groups excluding carboxylic acids is 1. The molecule has 0 aliphatic carbocycles. The minimum atomic E-state index is -0.254. The van der Waals surface area contributed by atoms with Gasteiger partial charge in [0.1, 0.15) is 0 Å².